The zero-order valence-corrected chi connectivity index (χ0v) is 11.7. The van der Waals surface area contributed by atoms with Crippen molar-refractivity contribution in [3.8, 4) is 5.75 Å². The molecule has 1 atom stereocenters. The lowest BCUT2D eigenvalue weighted by molar-refractivity contribution is -0.139. The van der Waals surface area contributed by atoms with Crippen LogP contribution in [0.5, 0.6) is 5.75 Å². The van der Waals surface area contributed by atoms with E-state index in [0.717, 1.165) is 5.56 Å². The molecule has 1 aromatic carbocycles. The van der Waals surface area contributed by atoms with E-state index in [1.165, 1.54) is 17.0 Å². The molecule has 1 aromatic rings. The second kappa shape index (κ2) is 7.37. The van der Waals surface area contributed by atoms with E-state index < -0.39 is 12.0 Å². The number of carbonyl (C=O) groups excluding carboxylic acids is 1. The zero-order valence-electron chi connectivity index (χ0n) is 11.7. The van der Waals surface area contributed by atoms with E-state index in [2.05, 4.69) is 5.32 Å². The highest BCUT2D eigenvalue weighted by Crippen LogP contribution is 2.11. The van der Waals surface area contributed by atoms with Gasteiger partial charge in [0.25, 0.3) is 0 Å². The molecule has 0 fully saturated rings. The van der Waals surface area contributed by atoms with Gasteiger partial charge in [-0.1, -0.05) is 12.1 Å². The third-order valence-electron chi connectivity index (χ3n) is 3.02. The number of phenolic OH excluding ortho intramolecular Hbond substituents is 1. The minimum absolute atomic E-state index is 0.118. The number of nitrogens with zero attached hydrogens (tertiary/aromatic N) is 1. The van der Waals surface area contributed by atoms with Gasteiger partial charge >= 0.3 is 12.0 Å². The number of carboxylic acids is 1. The summed E-state index contributed by atoms with van der Waals surface area (Å²) in [5.41, 5.74) is 0.732. The van der Waals surface area contributed by atoms with Crippen molar-refractivity contribution in [2.75, 3.05) is 13.1 Å². The number of aromatic hydroxyl groups is 1. The molecule has 0 aromatic heterocycles. The molecule has 0 spiro atoms. The van der Waals surface area contributed by atoms with Crippen molar-refractivity contribution < 1.29 is 19.8 Å². The minimum Gasteiger partial charge on any atom is -0.508 e. The molecule has 3 N–H and O–H groups in total. The number of aliphatic carboxylic acids is 1. The largest absolute Gasteiger partial charge is 0.508 e. The zero-order chi connectivity index (χ0) is 15.1. The molecule has 0 unspecified atom stereocenters. The van der Waals surface area contributed by atoms with Crippen molar-refractivity contribution in [2.45, 2.75) is 26.3 Å². The Morgan fingerprint density at radius 2 is 1.75 bits per heavy atom. The quantitative estimate of drug-likeness (QED) is 0.735. The van der Waals surface area contributed by atoms with E-state index in [-0.39, 0.29) is 18.2 Å². The van der Waals surface area contributed by atoms with Gasteiger partial charge in [-0.05, 0) is 31.5 Å². The molecular weight excluding hydrogens is 260 g/mol. The lowest BCUT2D eigenvalue weighted by atomic mass is 10.1. The first-order valence-electron chi connectivity index (χ1n) is 6.54. The average Bonchev–Trinajstić information content (AvgIpc) is 2.41. The van der Waals surface area contributed by atoms with Crippen molar-refractivity contribution >= 4 is 12.0 Å². The normalized spacial score (nSPS) is 11.7. The van der Waals surface area contributed by atoms with Crippen LogP contribution >= 0.6 is 0 Å². The van der Waals surface area contributed by atoms with Gasteiger partial charge in [0.15, 0.2) is 0 Å². The molecule has 0 heterocycles. The van der Waals surface area contributed by atoms with Crippen LogP contribution in [-0.4, -0.2) is 46.2 Å². The Morgan fingerprint density at radius 3 is 2.20 bits per heavy atom. The van der Waals surface area contributed by atoms with Crippen LogP contribution < -0.4 is 5.32 Å². The molecule has 20 heavy (non-hydrogen) atoms. The molecule has 6 nitrogen and oxygen atoms in total. The molecule has 0 saturated heterocycles. The summed E-state index contributed by atoms with van der Waals surface area (Å²) in [5, 5.41) is 20.9. The Kier molecular flexibility index (Phi) is 5.83. The lowest BCUT2D eigenvalue weighted by Gasteiger charge is -2.22. The molecule has 0 aliphatic heterocycles. The number of hydrogen-bond acceptors (Lipinski definition) is 3. The summed E-state index contributed by atoms with van der Waals surface area (Å²) in [7, 11) is 0. The molecule has 0 radical (unpaired) electrons. The molecule has 0 bridgehead atoms. The van der Waals surface area contributed by atoms with Crippen LogP contribution in [-0.2, 0) is 11.2 Å². The summed E-state index contributed by atoms with van der Waals surface area (Å²) in [6, 6.07) is 4.86. The van der Waals surface area contributed by atoms with Gasteiger partial charge in [-0.2, -0.15) is 0 Å². The SMILES string of the molecule is CCN(CC)C(=O)N[C@@H](Cc1ccc(O)cc1)C(=O)O. The second-order valence-corrected chi connectivity index (χ2v) is 4.38. The fourth-order valence-corrected chi connectivity index (χ4v) is 1.82. The van der Waals surface area contributed by atoms with Crippen molar-refractivity contribution in [3.05, 3.63) is 29.8 Å². The summed E-state index contributed by atoms with van der Waals surface area (Å²) in [6.45, 7) is 4.71. The van der Waals surface area contributed by atoms with Crippen LogP contribution in [0, 0.1) is 0 Å². The van der Waals surface area contributed by atoms with Gasteiger partial charge in [0.05, 0.1) is 0 Å². The Balaban J connectivity index is 2.72. The van der Waals surface area contributed by atoms with Crippen LogP contribution in [0.1, 0.15) is 19.4 Å². The highest BCUT2D eigenvalue weighted by atomic mass is 16.4. The number of nitrogens with one attached hydrogen (secondary N) is 1. The third kappa shape index (κ3) is 4.46. The van der Waals surface area contributed by atoms with E-state index in [1.807, 2.05) is 13.8 Å². The molecule has 0 saturated carbocycles. The van der Waals surface area contributed by atoms with Gasteiger partial charge in [0.2, 0.25) is 0 Å². The predicted octanol–water partition coefficient (Wildman–Crippen LogP) is 1.44. The molecule has 6 heteroatoms. The van der Waals surface area contributed by atoms with Crippen molar-refractivity contribution in [2.24, 2.45) is 0 Å². The Labute approximate surface area is 118 Å². The summed E-state index contributed by atoms with van der Waals surface area (Å²) in [6.07, 6.45) is 0.169. The van der Waals surface area contributed by atoms with Gasteiger partial charge < -0.3 is 20.4 Å². The van der Waals surface area contributed by atoms with E-state index in [4.69, 9.17) is 0 Å². The van der Waals surface area contributed by atoms with E-state index in [9.17, 15) is 19.8 Å². The van der Waals surface area contributed by atoms with Gasteiger partial charge in [0.1, 0.15) is 11.8 Å². The lowest BCUT2D eigenvalue weighted by Crippen LogP contribution is -2.48. The second-order valence-electron chi connectivity index (χ2n) is 4.38. The van der Waals surface area contributed by atoms with Crippen LogP contribution in [0.2, 0.25) is 0 Å². The number of amides is 2. The molecule has 2 amide bonds. The maximum absolute atomic E-state index is 11.9. The predicted molar refractivity (Wildman–Crippen MR) is 74.7 cm³/mol. The number of phenols is 1. The molecule has 0 aliphatic carbocycles. The number of rotatable bonds is 6. The molecular formula is C14H20N2O4. The Morgan fingerprint density at radius 1 is 1.20 bits per heavy atom. The smallest absolute Gasteiger partial charge is 0.326 e. The highest BCUT2D eigenvalue weighted by Gasteiger charge is 2.22. The monoisotopic (exact) mass is 280 g/mol. The van der Waals surface area contributed by atoms with Crippen LogP contribution in [0.4, 0.5) is 4.79 Å². The molecule has 110 valence electrons. The first kappa shape index (κ1) is 15.8. The number of carbonyl (C=O) groups is 2. The first-order chi connectivity index (χ1) is 9.47. The van der Waals surface area contributed by atoms with E-state index in [0.29, 0.717) is 13.1 Å². The third-order valence-corrected chi connectivity index (χ3v) is 3.02. The van der Waals surface area contributed by atoms with Crippen molar-refractivity contribution in [1.29, 1.82) is 0 Å². The fraction of sp³-hybridized carbons (Fsp3) is 0.429. The summed E-state index contributed by atoms with van der Waals surface area (Å²) < 4.78 is 0. The number of hydrogen-bond donors (Lipinski definition) is 3. The number of benzene rings is 1. The van der Waals surface area contributed by atoms with Crippen LogP contribution in [0.25, 0.3) is 0 Å². The van der Waals surface area contributed by atoms with Crippen molar-refractivity contribution in [3.63, 3.8) is 0 Å². The topological polar surface area (TPSA) is 89.9 Å². The summed E-state index contributed by atoms with van der Waals surface area (Å²) in [4.78, 5) is 24.6. The van der Waals surface area contributed by atoms with Gasteiger partial charge in [0, 0.05) is 19.5 Å². The van der Waals surface area contributed by atoms with Gasteiger partial charge in [-0.25, -0.2) is 9.59 Å². The first-order valence-corrected chi connectivity index (χ1v) is 6.54. The number of carboxylic acid groups (broad SMARTS) is 1. The average molecular weight is 280 g/mol. The van der Waals surface area contributed by atoms with E-state index in [1.54, 1.807) is 12.1 Å². The minimum atomic E-state index is -1.08. The van der Waals surface area contributed by atoms with Gasteiger partial charge in [-0.3, -0.25) is 0 Å². The maximum Gasteiger partial charge on any atom is 0.326 e. The molecule has 1 rings (SSSR count). The van der Waals surface area contributed by atoms with E-state index >= 15 is 0 Å². The summed E-state index contributed by atoms with van der Waals surface area (Å²) >= 11 is 0. The fourth-order valence-electron chi connectivity index (χ4n) is 1.82. The maximum atomic E-state index is 11.9. The van der Waals surface area contributed by atoms with Crippen molar-refractivity contribution in [1.82, 2.24) is 10.2 Å². The Bertz CT molecular complexity index is 455. The highest BCUT2D eigenvalue weighted by molar-refractivity contribution is 5.82. The van der Waals surface area contributed by atoms with Crippen LogP contribution in [0.15, 0.2) is 24.3 Å². The van der Waals surface area contributed by atoms with Gasteiger partial charge in [-0.15, -0.1) is 0 Å². The number of urea groups is 1. The Hall–Kier alpha value is -2.24. The standard InChI is InChI=1S/C14H20N2O4/c1-3-16(4-2)14(20)15-12(13(18)19)9-10-5-7-11(17)8-6-10/h5-8,12,17H,3-4,9H2,1-2H3,(H,15,20)(H,18,19)/t12-/m0/s1. The summed E-state index contributed by atoms with van der Waals surface area (Å²) in [5.74, 6) is -0.966. The molecule has 0 aliphatic rings. The van der Waals surface area contributed by atoms with Crippen LogP contribution in [0.3, 0.4) is 0 Å².